The van der Waals surface area contributed by atoms with Gasteiger partial charge in [-0.3, -0.25) is 0 Å². The van der Waals surface area contributed by atoms with Crippen LogP contribution in [0.15, 0.2) is 34.9 Å². The van der Waals surface area contributed by atoms with Crippen LogP contribution in [0.3, 0.4) is 0 Å². The molecule has 1 nitrogen and oxygen atoms in total. The van der Waals surface area contributed by atoms with Gasteiger partial charge in [0.2, 0.25) is 0 Å². The second kappa shape index (κ2) is 6.23. The summed E-state index contributed by atoms with van der Waals surface area (Å²) in [4.78, 5) is 0.856. The number of hydrogen-bond donors (Lipinski definition) is 1. The fourth-order valence-corrected chi connectivity index (χ4v) is 2.17. The van der Waals surface area contributed by atoms with Crippen molar-refractivity contribution in [1.29, 1.82) is 0 Å². The first kappa shape index (κ1) is 15.0. The molecule has 0 amide bonds. The molecule has 1 aromatic carbocycles. The predicted octanol–water partition coefficient (Wildman–Crippen LogP) is 3.72. The second-order valence-corrected chi connectivity index (χ2v) is 4.86. The van der Waals surface area contributed by atoms with E-state index in [-0.39, 0.29) is 0 Å². The highest BCUT2D eigenvalue weighted by Gasteiger charge is 2.29. The van der Waals surface area contributed by atoms with Crippen LogP contribution in [0.4, 0.5) is 13.2 Å². The van der Waals surface area contributed by atoms with Crippen molar-refractivity contribution in [2.75, 3.05) is 0 Å². The van der Waals surface area contributed by atoms with Gasteiger partial charge in [-0.15, -0.1) is 11.8 Å². The van der Waals surface area contributed by atoms with E-state index in [9.17, 15) is 13.2 Å². The lowest BCUT2D eigenvalue weighted by molar-refractivity contribution is -0.137. The van der Waals surface area contributed by atoms with Crippen LogP contribution >= 0.6 is 11.8 Å². The Morgan fingerprint density at radius 3 is 2.22 bits per heavy atom. The molecule has 96 valence electrons. The fourth-order valence-electron chi connectivity index (χ4n) is 1.29. The molecule has 0 saturated heterocycles. The molecule has 0 aliphatic carbocycles. The number of halogens is 3. The van der Waals surface area contributed by atoms with Crippen molar-refractivity contribution < 1.29 is 13.2 Å². The first-order chi connectivity index (χ1) is 8.34. The van der Waals surface area contributed by atoms with Crippen molar-refractivity contribution in [2.24, 2.45) is 5.73 Å². The van der Waals surface area contributed by atoms with Crippen molar-refractivity contribution in [2.45, 2.75) is 25.2 Å². The number of nitrogens with two attached hydrogens (primary N) is 1. The van der Waals surface area contributed by atoms with E-state index in [1.165, 1.54) is 23.9 Å². The molecule has 0 unspecified atom stereocenters. The van der Waals surface area contributed by atoms with Crippen LogP contribution in [0.25, 0.3) is 0 Å². The van der Waals surface area contributed by atoms with E-state index in [0.29, 0.717) is 17.8 Å². The molecular formula is C12H13BF3NS. The summed E-state index contributed by atoms with van der Waals surface area (Å²) < 4.78 is 37.0. The van der Waals surface area contributed by atoms with Gasteiger partial charge >= 0.3 is 6.18 Å². The van der Waals surface area contributed by atoms with Gasteiger partial charge in [0, 0.05) is 11.4 Å². The third-order valence-electron chi connectivity index (χ3n) is 2.32. The van der Waals surface area contributed by atoms with Crippen molar-refractivity contribution in [3.05, 3.63) is 46.0 Å². The van der Waals surface area contributed by atoms with Crippen molar-refractivity contribution in [3.8, 4) is 0 Å². The summed E-state index contributed by atoms with van der Waals surface area (Å²) >= 11 is 1.44. The highest BCUT2D eigenvalue weighted by atomic mass is 32.2. The van der Waals surface area contributed by atoms with E-state index in [4.69, 9.17) is 13.6 Å². The van der Waals surface area contributed by atoms with Crippen LogP contribution in [-0.4, -0.2) is 7.85 Å². The van der Waals surface area contributed by atoms with Crippen LogP contribution < -0.4 is 5.73 Å². The molecule has 1 rings (SSSR count). The van der Waals surface area contributed by atoms with Crippen molar-refractivity contribution >= 4 is 19.6 Å². The van der Waals surface area contributed by atoms with Crippen LogP contribution in [-0.2, 0) is 11.9 Å². The third kappa shape index (κ3) is 4.33. The number of hydrogen-bond acceptors (Lipinski definition) is 2. The Kier molecular flexibility index (Phi) is 5.20. The van der Waals surface area contributed by atoms with Crippen LogP contribution in [0.1, 0.15) is 18.1 Å². The minimum Gasteiger partial charge on any atom is -0.402 e. The monoisotopic (exact) mass is 271 g/mol. The normalized spacial score (nSPS) is 13.3. The first-order valence-corrected chi connectivity index (χ1v) is 6.27. The zero-order chi connectivity index (χ0) is 13.8. The smallest absolute Gasteiger partial charge is 0.402 e. The van der Waals surface area contributed by atoms with Crippen molar-refractivity contribution in [3.63, 3.8) is 0 Å². The van der Waals surface area contributed by atoms with Crippen LogP contribution in [0.5, 0.6) is 0 Å². The topological polar surface area (TPSA) is 26.0 Å². The lowest BCUT2D eigenvalue weighted by Crippen LogP contribution is -2.04. The molecule has 0 saturated carbocycles. The van der Waals surface area contributed by atoms with Gasteiger partial charge in [0.25, 0.3) is 0 Å². The molecule has 0 bridgehead atoms. The minimum atomic E-state index is -4.29. The standard InChI is InChI=1S/C12H13BF3NS/c1-8(17)11(6-13)18-7-9-2-4-10(5-3-9)12(14,15)16/h2-5H,6-7,17H2,1H3/b11-8-. The zero-order valence-corrected chi connectivity index (χ0v) is 10.7. The Morgan fingerprint density at radius 2 is 1.83 bits per heavy atom. The van der Waals surface area contributed by atoms with Crippen LogP contribution in [0, 0.1) is 0 Å². The van der Waals surface area contributed by atoms with E-state index in [1.807, 2.05) is 0 Å². The average Bonchev–Trinajstić information content (AvgIpc) is 2.29. The van der Waals surface area contributed by atoms with E-state index < -0.39 is 11.7 Å². The SMILES string of the molecule is [B]C/C(SCc1ccc(C(F)(F)F)cc1)=C(\C)N. The number of benzene rings is 1. The van der Waals surface area contributed by atoms with Gasteiger partial charge in [0.1, 0.15) is 0 Å². The summed E-state index contributed by atoms with van der Waals surface area (Å²) in [6.45, 7) is 1.75. The molecule has 0 aliphatic heterocycles. The second-order valence-electron chi connectivity index (χ2n) is 3.79. The molecule has 0 heterocycles. The summed E-state index contributed by atoms with van der Waals surface area (Å²) in [5.74, 6) is 0.555. The molecular weight excluding hydrogens is 258 g/mol. The maximum atomic E-state index is 12.3. The Balaban J connectivity index is 2.68. The maximum absolute atomic E-state index is 12.3. The molecule has 18 heavy (non-hydrogen) atoms. The van der Waals surface area contributed by atoms with Crippen LogP contribution in [0.2, 0.25) is 6.32 Å². The highest BCUT2D eigenvalue weighted by Crippen LogP contribution is 2.30. The molecule has 0 atom stereocenters. The molecule has 1 aromatic rings. The summed E-state index contributed by atoms with van der Waals surface area (Å²) in [5.41, 5.74) is 6.44. The molecule has 0 aromatic heterocycles. The Morgan fingerprint density at radius 1 is 1.28 bits per heavy atom. The Hall–Kier alpha value is -1.04. The maximum Gasteiger partial charge on any atom is 0.416 e. The van der Waals surface area contributed by atoms with Gasteiger partial charge in [-0.2, -0.15) is 13.2 Å². The molecule has 2 N–H and O–H groups in total. The summed E-state index contributed by atoms with van der Waals surface area (Å²) in [5, 5.41) is 0. The highest BCUT2D eigenvalue weighted by molar-refractivity contribution is 8.02. The molecule has 6 heteroatoms. The number of allylic oxidation sites excluding steroid dienone is 2. The van der Waals surface area contributed by atoms with Gasteiger partial charge in [0.15, 0.2) is 0 Å². The summed E-state index contributed by atoms with van der Waals surface area (Å²) in [6.07, 6.45) is -3.95. The Labute approximate surface area is 110 Å². The molecule has 0 fully saturated rings. The quantitative estimate of drug-likeness (QED) is 0.845. The van der Waals surface area contributed by atoms with E-state index >= 15 is 0 Å². The molecule has 2 radical (unpaired) electrons. The lowest BCUT2D eigenvalue weighted by Gasteiger charge is -2.09. The third-order valence-corrected chi connectivity index (χ3v) is 3.63. The summed E-state index contributed by atoms with van der Waals surface area (Å²) in [6, 6.07) is 5.10. The largest absolute Gasteiger partial charge is 0.416 e. The van der Waals surface area contributed by atoms with E-state index in [0.717, 1.165) is 22.6 Å². The Bertz CT molecular complexity index is 422. The van der Waals surface area contributed by atoms with Gasteiger partial charge in [-0.05, 0) is 29.5 Å². The summed E-state index contributed by atoms with van der Waals surface area (Å²) in [7, 11) is 5.51. The molecule has 0 spiro atoms. The number of rotatable bonds is 4. The van der Waals surface area contributed by atoms with E-state index in [2.05, 4.69) is 0 Å². The zero-order valence-electron chi connectivity index (χ0n) is 9.92. The average molecular weight is 271 g/mol. The van der Waals surface area contributed by atoms with E-state index in [1.54, 1.807) is 6.92 Å². The molecule has 0 aliphatic rings. The van der Waals surface area contributed by atoms with Gasteiger partial charge in [0.05, 0.1) is 13.4 Å². The van der Waals surface area contributed by atoms with Gasteiger partial charge in [-0.25, -0.2) is 0 Å². The van der Waals surface area contributed by atoms with Crippen molar-refractivity contribution in [1.82, 2.24) is 0 Å². The fraction of sp³-hybridized carbons (Fsp3) is 0.333. The number of alkyl halides is 3. The predicted molar refractivity (Wildman–Crippen MR) is 70.2 cm³/mol. The lowest BCUT2D eigenvalue weighted by atomic mass is 10.0. The van der Waals surface area contributed by atoms with Gasteiger partial charge in [-0.1, -0.05) is 18.5 Å². The number of thioether (sulfide) groups is 1. The minimum absolute atomic E-state index is 0.341. The first-order valence-electron chi connectivity index (χ1n) is 5.29. The van der Waals surface area contributed by atoms with Gasteiger partial charge < -0.3 is 5.73 Å².